The van der Waals surface area contributed by atoms with Gasteiger partial charge in [0.15, 0.2) is 0 Å². The molecule has 0 atom stereocenters. The zero-order valence-electron chi connectivity index (χ0n) is 9.01. The highest BCUT2D eigenvalue weighted by Crippen LogP contribution is 2.44. The van der Waals surface area contributed by atoms with Gasteiger partial charge in [-0.2, -0.15) is 0 Å². The highest BCUT2D eigenvalue weighted by molar-refractivity contribution is 7.98. The van der Waals surface area contributed by atoms with Gasteiger partial charge in [-0.15, -0.1) is 11.8 Å². The molecule has 0 saturated heterocycles. The summed E-state index contributed by atoms with van der Waals surface area (Å²) in [6.45, 7) is 0. The number of carboxylic acid groups (broad SMARTS) is 1. The lowest BCUT2D eigenvalue weighted by Crippen LogP contribution is -2.50. The van der Waals surface area contributed by atoms with Crippen molar-refractivity contribution >= 4 is 17.7 Å². The third-order valence-electron chi connectivity index (χ3n) is 3.22. The van der Waals surface area contributed by atoms with Gasteiger partial charge < -0.3 is 10.2 Å². The molecule has 1 aliphatic carbocycles. The Hall–Kier alpha value is -1.00. The van der Waals surface area contributed by atoms with Gasteiger partial charge in [0.05, 0.1) is 11.5 Å². The normalized spacial score (nSPS) is 28.5. The van der Waals surface area contributed by atoms with Gasteiger partial charge in [-0.3, -0.25) is 4.79 Å². The lowest BCUT2D eigenvalue weighted by atomic mass is 9.63. The largest absolute Gasteiger partial charge is 0.481 e. The Labute approximate surface area is 98.5 Å². The third kappa shape index (κ3) is 1.72. The number of hydrogen-bond donors (Lipinski definition) is 2. The molecule has 0 radical (unpaired) electrons. The highest BCUT2D eigenvalue weighted by Gasteiger charge is 2.51. The van der Waals surface area contributed by atoms with Crippen LogP contribution in [0, 0.1) is 0 Å². The molecule has 0 aliphatic heterocycles. The smallest absolute Gasteiger partial charge is 0.314 e. The van der Waals surface area contributed by atoms with E-state index in [1.807, 2.05) is 30.5 Å². The number of carboxylic acids is 1. The summed E-state index contributed by atoms with van der Waals surface area (Å²) in [4.78, 5) is 12.4. The van der Waals surface area contributed by atoms with E-state index < -0.39 is 17.5 Å². The summed E-state index contributed by atoms with van der Waals surface area (Å²) >= 11 is 1.63. The van der Waals surface area contributed by atoms with E-state index in [-0.39, 0.29) is 0 Å². The highest BCUT2D eigenvalue weighted by atomic mass is 32.2. The molecular formula is C12H14O3S. The summed E-state index contributed by atoms with van der Waals surface area (Å²) in [5, 5.41) is 18.6. The fourth-order valence-corrected chi connectivity index (χ4v) is 2.60. The second kappa shape index (κ2) is 4.11. The Morgan fingerprint density at radius 2 is 1.94 bits per heavy atom. The Bertz CT molecular complexity index is 393. The predicted octanol–water partition coefficient (Wildman–Crippen LogP) is 1.89. The number of benzene rings is 1. The Morgan fingerprint density at radius 1 is 1.38 bits per heavy atom. The molecule has 2 rings (SSSR count). The van der Waals surface area contributed by atoms with Gasteiger partial charge >= 0.3 is 5.97 Å². The number of carbonyl (C=O) groups is 1. The fraction of sp³-hybridized carbons (Fsp3) is 0.417. The molecule has 0 aromatic heterocycles. The number of aliphatic hydroxyl groups excluding tert-OH is 1. The molecule has 0 heterocycles. The summed E-state index contributed by atoms with van der Waals surface area (Å²) in [7, 11) is 0. The van der Waals surface area contributed by atoms with Gasteiger partial charge in [-0.05, 0) is 36.8 Å². The topological polar surface area (TPSA) is 57.5 Å². The fourth-order valence-electron chi connectivity index (χ4n) is 2.19. The van der Waals surface area contributed by atoms with Gasteiger partial charge in [-0.25, -0.2) is 0 Å². The number of hydrogen-bond acceptors (Lipinski definition) is 3. The molecule has 0 amide bonds. The van der Waals surface area contributed by atoms with Crippen LogP contribution in [0.5, 0.6) is 0 Å². The van der Waals surface area contributed by atoms with E-state index >= 15 is 0 Å². The molecule has 4 heteroatoms. The van der Waals surface area contributed by atoms with E-state index in [0.29, 0.717) is 12.8 Å². The van der Waals surface area contributed by atoms with Crippen LogP contribution in [-0.4, -0.2) is 28.5 Å². The van der Waals surface area contributed by atoms with Crippen molar-refractivity contribution in [2.45, 2.75) is 29.3 Å². The van der Waals surface area contributed by atoms with Crippen LogP contribution in [0.4, 0.5) is 0 Å². The number of thioether (sulfide) groups is 1. The Balaban J connectivity index is 2.30. The van der Waals surface area contributed by atoms with Crippen LogP contribution < -0.4 is 0 Å². The zero-order chi connectivity index (χ0) is 11.8. The van der Waals surface area contributed by atoms with Crippen molar-refractivity contribution in [2.24, 2.45) is 0 Å². The van der Waals surface area contributed by atoms with E-state index in [0.717, 1.165) is 10.5 Å². The molecular weight excluding hydrogens is 224 g/mol. The van der Waals surface area contributed by atoms with Crippen LogP contribution in [0.25, 0.3) is 0 Å². The second-order valence-corrected chi connectivity index (χ2v) is 5.06. The van der Waals surface area contributed by atoms with Crippen LogP contribution in [0.1, 0.15) is 18.4 Å². The van der Waals surface area contributed by atoms with Gasteiger partial charge in [-0.1, -0.05) is 12.1 Å². The van der Waals surface area contributed by atoms with Gasteiger partial charge in [0.25, 0.3) is 0 Å². The van der Waals surface area contributed by atoms with Crippen LogP contribution in [0.3, 0.4) is 0 Å². The van der Waals surface area contributed by atoms with Crippen LogP contribution in [0.15, 0.2) is 29.2 Å². The van der Waals surface area contributed by atoms with Gasteiger partial charge in [0, 0.05) is 4.90 Å². The monoisotopic (exact) mass is 238 g/mol. The molecule has 86 valence electrons. The first-order valence-electron chi connectivity index (χ1n) is 5.14. The van der Waals surface area contributed by atoms with E-state index in [4.69, 9.17) is 0 Å². The second-order valence-electron chi connectivity index (χ2n) is 4.18. The summed E-state index contributed by atoms with van der Waals surface area (Å²) in [6.07, 6.45) is 2.15. The van der Waals surface area contributed by atoms with E-state index in [1.54, 1.807) is 11.8 Å². The minimum absolute atomic E-state index is 0.320. The molecule has 0 spiro atoms. The number of aliphatic carboxylic acids is 1. The average molecular weight is 238 g/mol. The molecule has 1 aromatic rings. The molecule has 2 N–H and O–H groups in total. The molecule has 3 nitrogen and oxygen atoms in total. The average Bonchev–Trinajstić information content (AvgIpc) is 2.24. The van der Waals surface area contributed by atoms with E-state index in [1.165, 1.54) is 0 Å². The molecule has 1 aliphatic rings. The summed E-state index contributed by atoms with van der Waals surface area (Å²) < 4.78 is 0. The van der Waals surface area contributed by atoms with Crippen LogP contribution in [-0.2, 0) is 10.2 Å². The lowest BCUT2D eigenvalue weighted by molar-refractivity contribution is -0.152. The summed E-state index contributed by atoms with van der Waals surface area (Å²) in [5.41, 5.74) is -0.0702. The molecule has 1 saturated carbocycles. The zero-order valence-corrected chi connectivity index (χ0v) is 9.83. The van der Waals surface area contributed by atoms with E-state index in [9.17, 15) is 15.0 Å². The Morgan fingerprint density at radius 3 is 2.31 bits per heavy atom. The van der Waals surface area contributed by atoms with Crippen molar-refractivity contribution in [1.82, 2.24) is 0 Å². The minimum atomic E-state index is -0.865. The molecule has 1 fully saturated rings. The maximum atomic E-state index is 11.3. The first-order valence-corrected chi connectivity index (χ1v) is 6.37. The van der Waals surface area contributed by atoms with Gasteiger partial charge in [0.2, 0.25) is 0 Å². The van der Waals surface area contributed by atoms with Crippen molar-refractivity contribution in [1.29, 1.82) is 0 Å². The maximum Gasteiger partial charge on any atom is 0.314 e. The molecule has 1 aromatic carbocycles. The van der Waals surface area contributed by atoms with E-state index in [2.05, 4.69) is 0 Å². The van der Waals surface area contributed by atoms with Crippen molar-refractivity contribution < 1.29 is 15.0 Å². The van der Waals surface area contributed by atoms with Crippen molar-refractivity contribution in [3.8, 4) is 0 Å². The third-order valence-corrected chi connectivity index (χ3v) is 3.96. The van der Waals surface area contributed by atoms with Crippen molar-refractivity contribution in [3.05, 3.63) is 29.8 Å². The quantitative estimate of drug-likeness (QED) is 0.789. The maximum absolute atomic E-state index is 11.3. The first-order chi connectivity index (χ1) is 7.58. The van der Waals surface area contributed by atoms with Gasteiger partial charge in [0.1, 0.15) is 0 Å². The van der Waals surface area contributed by atoms with Crippen molar-refractivity contribution in [3.63, 3.8) is 0 Å². The Kier molecular flexibility index (Phi) is 2.95. The number of aliphatic hydroxyl groups is 1. The minimum Gasteiger partial charge on any atom is -0.481 e. The molecule has 16 heavy (non-hydrogen) atoms. The summed E-state index contributed by atoms with van der Waals surface area (Å²) in [5.74, 6) is -0.838. The SMILES string of the molecule is CSc1ccc(C2(C(=O)O)CC(O)C2)cc1. The lowest BCUT2D eigenvalue weighted by Gasteiger charge is -2.42. The standard InChI is InChI=1S/C12H14O3S/c1-16-10-4-2-8(3-5-10)12(11(14)15)6-9(13)7-12/h2-5,9,13H,6-7H2,1H3,(H,14,15). The summed E-state index contributed by atoms with van der Waals surface area (Å²) in [6, 6.07) is 7.56. The van der Waals surface area contributed by atoms with Crippen LogP contribution in [0.2, 0.25) is 0 Å². The van der Waals surface area contributed by atoms with Crippen LogP contribution >= 0.6 is 11.8 Å². The molecule has 0 unspecified atom stereocenters. The number of rotatable bonds is 3. The van der Waals surface area contributed by atoms with Crippen molar-refractivity contribution in [2.75, 3.05) is 6.26 Å². The molecule has 0 bridgehead atoms. The predicted molar refractivity (Wildman–Crippen MR) is 62.8 cm³/mol. The first kappa shape index (κ1) is 11.5.